The van der Waals surface area contributed by atoms with Crippen LogP contribution < -0.4 is 5.32 Å². The van der Waals surface area contributed by atoms with Crippen LogP contribution in [0.2, 0.25) is 0 Å². The maximum Gasteiger partial charge on any atom is 0.202 e. The van der Waals surface area contributed by atoms with E-state index >= 15 is 0 Å². The maximum atomic E-state index is 6.07. The van der Waals surface area contributed by atoms with Crippen LogP contribution in [0.25, 0.3) is 0 Å². The quantitative estimate of drug-likeness (QED) is 0.913. The number of anilines is 1. The highest BCUT2D eigenvalue weighted by Crippen LogP contribution is 2.39. The van der Waals surface area contributed by atoms with Crippen LogP contribution in [-0.2, 0) is 4.74 Å². The van der Waals surface area contributed by atoms with Crippen molar-refractivity contribution in [2.45, 2.75) is 71.1 Å². The van der Waals surface area contributed by atoms with Gasteiger partial charge < -0.3 is 10.1 Å². The van der Waals surface area contributed by atoms with Gasteiger partial charge in [0, 0.05) is 17.5 Å². The minimum absolute atomic E-state index is 0.0767. The lowest BCUT2D eigenvalue weighted by Gasteiger charge is -2.27. The summed E-state index contributed by atoms with van der Waals surface area (Å²) in [6.07, 6.45) is 0.983. The molecule has 1 unspecified atom stereocenters. The van der Waals surface area contributed by atoms with Gasteiger partial charge in [-0.1, -0.05) is 13.8 Å². The van der Waals surface area contributed by atoms with Gasteiger partial charge in [-0.05, 0) is 34.1 Å². The summed E-state index contributed by atoms with van der Waals surface area (Å²) in [5.41, 5.74) is -0.250. The minimum atomic E-state index is -0.173. The Morgan fingerprint density at radius 3 is 2.44 bits per heavy atom. The van der Waals surface area contributed by atoms with Crippen LogP contribution in [0, 0.1) is 0 Å². The number of nitrogens with zero attached hydrogens (tertiary/aromatic N) is 2. The van der Waals surface area contributed by atoms with Gasteiger partial charge >= 0.3 is 0 Å². The normalized spacial score (nSPS) is 25.6. The molecule has 1 fully saturated rings. The first kappa shape index (κ1) is 13.7. The maximum absolute atomic E-state index is 6.07. The second-order valence-corrected chi connectivity index (χ2v) is 7.23. The third kappa shape index (κ3) is 2.83. The zero-order valence-corrected chi connectivity index (χ0v) is 12.9. The van der Waals surface area contributed by atoms with E-state index in [0.717, 1.165) is 17.4 Å². The molecule has 5 heteroatoms. The van der Waals surface area contributed by atoms with Gasteiger partial charge in [-0.2, -0.15) is 4.37 Å². The summed E-state index contributed by atoms with van der Waals surface area (Å²) in [4.78, 5) is 4.53. The highest BCUT2D eigenvalue weighted by Gasteiger charge is 2.46. The molecule has 0 amide bonds. The number of ether oxygens (including phenoxy) is 1. The Labute approximate surface area is 113 Å². The molecule has 1 saturated heterocycles. The van der Waals surface area contributed by atoms with Crippen molar-refractivity contribution in [2.75, 3.05) is 5.32 Å². The summed E-state index contributed by atoms with van der Waals surface area (Å²) in [7, 11) is 0. The van der Waals surface area contributed by atoms with E-state index in [0.29, 0.717) is 5.92 Å². The van der Waals surface area contributed by atoms with Crippen molar-refractivity contribution >= 4 is 16.7 Å². The molecule has 1 aliphatic heterocycles. The molecule has 1 aromatic rings. The molecule has 18 heavy (non-hydrogen) atoms. The van der Waals surface area contributed by atoms with Crippen LogP contribution in [0.5, 0.6) is 0 Å². The zero-order chi connectivity index (χ0) is 13.6. The van der Waals surface area contributed by atoms with Crippen molar-refractivity contribution < 1.29 is 4.74 Å². The lowest BCUT2D eigenvalue weighted by Crippen LogP contribution is -2.38. The Bertz CT molecular complexity index is 426. The van der Waals surface area contributed by atoms with Crippen LogP contribution in [0.4, 0.5) is 5.13 Å². The summed E-state index contributed by atoms with van der Waals surface area (Å²) in [6, 6.07) is 0.278. The number of hydrogen-bond acceptors (Lipinski definition) is 5. The molecule has 0 aliphatic carbocycles. The second-order valence-electron chi connectivity index (χ2n) is 6.48. The highest BCUT2D eigenvalue weighted by atomic mass is 32.1. The number of rotatable bonds is 3. The first-order valence-electron chi connectivity index (χ1n) is 6.50. The van der Waals surface area contributed by atoms with Crippen LogP contribution >= 0.6 is 11.5 Å². The molecule has 2 rings (SSSR count). The fraction of sp³-hybridized carbons (Fsp3) is 0.846. The molecule has 0 radical (unpaired) electrons. The summed E-state index contributed by atoms with van der Waals surface area (Å²) in [5.74, 6) is 1.29. The molecule has 102 valence electrons. The molecule has 1 N–H and O–H groups in total. The number of aromatic nitrogens is 2. The molecule has 2 heterocycles. The zero-order valence-electron chi connectivity index (χ0n) is 12.1. The summed E-state index contributed by atoms with van der Waals surface area (Å²) < 4.78 is 10.4. The van der Waals surface area contributed by atoms with Crippen LogP contribution in [-0.4, -0.2) is 26.6 Å². The fourth-order valence-electron chi connectivity index (χ4n) is 2.46. The van der Waals surface area contributed by atoms with Crippen molar-refractivity contribution in [2.24, 2.45) is 0 Å². The van der Waals surface area contributed by atoms with Gasteiger partial charge in [0.05, 0.1) is 17.2 Å². The van der Waals surface area contributed by atoms with Gasteiger partial charge in [-0.15, -0.1) is 0 Å². The first-order chi connectivity index (χ1) is 8.20. The Kier molecular flexibility index (Phi) is 3.40. The van der Waals surface area contributed by atoms with Gasteiger partial charge in [0.25, 0.3) is 0 Å². The number of nitrogens with one attached hydrogen (secondary N) is 1. The van der Waals surface area contributed by atoms with Gasteiger partial charge in [-0.25, -0.2) is 4.98 Å². The Morgan fingerprint density at radius 2 is 2.00 bits per heavy atom. The topological polar surface area (TPSA) is 47.0 Å². The number of hydrogen-bond donors (Lipinski definition) is 1. The van der Waals surface area contributed by atoms with Crippen LogP contribution in [0.1, 0.15) is 59.7 Å². The van der Waals surface area contributed by atoms with E-state index in [1.165, 1.54) is 11.5 Å². The van der Waals surface area contributed by atoms with Crippen molar-refractivity contribution in [1.29, 1.82) is 0 Å². The Hall–Kier alpha value is -0.680. The van der Waals surface area contributed by atoms with E-state index < -0.39 is 0 Å². The van der Waals surface area contributed by atoms with Gasteiger partial charge in [0.2, 0.25) is 5.13 Å². The fourth-order valence-corrected chi connectivity index (χ4v) is 3.23. The molecule has 1 aromatic heterocycles. The van der Waals surface area contributed by atoms with E-state index in [2.05, 4.69) is 56.2 Å². The van der Waals surface area contributed by atoms with E-state index in [1.807, 2.05) is 0 Å². The molecular weight excluding hydrogens is 246 g/mol. The van der Waals surface area contributed by atoms with Crippen molar-refractivity contribution in [3.8, 4) is 0 Å². The van der Waals surface area contributed by atoms with Crippen molar-refractivity contribution in [3.05, 3.63) is 5.82 Å². The first-order valence-corrected chi connectivity index (χ1v) is 7.27. The van der Waals surface area contributed by atoms with E-state index in [1.54, 1.807) is 0 Å². The van der Waals surface area contributed by atoms with Gasteiger partial charge in [0.1, 0.15) is 5.82 Å². The molecule has 0 spiro atoms. The van der Waals surface area contributed by atoms with Gasteiger partial charge in [-0.3, -0.25) is 0 Å². The molecule has 0 saturated carbocycles. The predicted molar refractivity (Wildman–Crippen MR) is 75.3 cm³/mol. The molecule has 0 bridgehead atoms. The Balaban J connectivity index is 2.09. The van der Waals surface area contributed by atoms with Crippen molar-refractivity contribution in [1.82, 2.24) is 9.36 Å². The van der Waals surface area contributed by atoms with E-state index in [9.17, 15) is 0 Å². The predicted octanol–water partition coefficient (Wildman–Crippen LogP) is 3.42. The van der Waals surface area contributed by atoms with Crippen LogP contribution in [0.15, 0.2) is 0 Å². The largest absolute Gasteiger partial charge is 0.367 e. The van der Waals surface area contributed by atoms with Crippen molar-refractivity contribution in [3.63, 3.8) is 0 Å². The van der Waals surface area contributed by atoms with Gasteiger partial charge in [0.15, 0.2) is 0 Å². The molecule has 0 aromatic carbocycles. The molecule has 4 nitrogen and oxygen atoms in total. The average molecular weight is 269 g/mol. The summed E-state index contributed by atoms with van der Waals surface area (Å²) in [5, 5.41) is 4.38. The molecule has 1 aliphatic rings. The monoisotopic (exact) mass is 269 g/mol. The van der Waals surface area contributed by atoms with E-state index in [-0.39, 0.29) is 17.2 Å². The third-order valence-corrected chi connectivity index (χ3v) is 3.99. The van der Waals surface area contributed by atoms with E-state index in [4.69, 9.17) is 4.74 Å². The highest BCUT2D eigenvalue weighted by molar-refractivity contribution is 7.09. The summed E-state index contributed by atoms with van der Waals surface area (Å²) in [6.45, 7) is 12.7. The standard InChI is InChI=1S/C13H23N3OS/c1-8(2)10-15-11(18-16-10)14-9-7-12(3,4)17-13(9,5)6/h8-9H,7H2,1-6H3,(H,14,15,16). The average Bonchev–Trinajstić information content (AvgIpc) is 2.69. The SMILES string of the molecule is CC(C)c1nsc(NC2CC(C)(C)OC2(C)C)n1. The minimum Gasteiger partial charge on any atom is -0.367 e. The van der Waals surface area contributed by atoms with Crippen LogP contribution in [0.3, 0.4) is 0 Å². The third-order valence-electron chi connectivity index (χ3n) is 3.33. The smallest absolute Gasteiger partial charge is 0.202 e. The molecular formula is C13H23N3OS. The second kappa shape index (κ2) is 4.46. The molecule has 1 atom stereocenters. The Morgan fingerprint density at radius 1 is 1.33 bits per heavy atom. The lowest BCUT2D eigenvalue weighted by atomic mass is 9.95. The lowest BCUT2D eigenvalue weighted by molar-refractivity contribution is -0.0662. The summed E-state index contributed by atoms with van der Waals surface area (Å²) >= 11 is 1.44.